The summed E-state index contributed by atoms with van der Waals surface area (Å²) < 4.78 is 14.8. The lowest BCUT2D eigenvalue weighted by Crippen LogP contribution is -2.58. The first-order valence-corrected chi connectivity index (χ1v) is 9.38. The third kappa shape index (κ3) is 4.01. The van der Waals surface area contributed by atoms with Crippen LogP contribution in [0.5, 0.6) is 0 Å². The molecule has 1 amide bonds. The molecule has 2 N–H and O–H groups in total. The zero-order valence-electron chi connectivity index (χ0n) is 15.1. The lowest BCUT2D eigenvalue weighted by molar-refractivity contribution is -0.133. The van der Waals surface area contributed by atoms with Crippen molar-refractivity contribution < 1.29 is 14.3 Å². The van der Waals surface area contributed by atoms with Gasteiger partial charge in [-0.3, -0.25) is 14.4 Å². The molecule has 2 aromatic rings. The summed E-state index contributed by atoms with van der Waals surface area (Å²) in [4.78, 5) is 15.0. The summed E-state index contributed by atoms with van der Waals surface area (Å²) in [5, 5.41) is 20.1. The van der Waals surface area contributed by atoms with E-state index in [-0.39, 0.29) is 24.2 Å². The van der Waals surface area contributed by atoms with E-state index in [0.717, 1.165) is 38.0 Å². The monoisotopic (exact) mass is 373 g/mol. The third-order valence-corrected chi connectivity index (χ3v) is 5.74. The summed E-state index contributed by atoms with van der Waals surface area (Å²) in [5.41, 5.74) is 1.47. The summed E-state index contributed by atoms with van der Waals surface area (Å²) >= 11 is 0. The molecule has 0 saturated carbocycles. The number of halogens is 1. The van der Waals surface area contributed by atoms with Gasteiger partial charge in [0.05, 0.1) is 25.3 Å². The van der Waals surface area contributed by atoms with Gasteiger partial charge >= 0.3 is 0 Å². The van der Waals surface area contributed by atoms with E-state index in [1.807, 2.05) is 0 Å². The molecule has 4 heterocycles. The topological polar surface area (TPSA) is 83.3 Å². The molecule has 5 rings (SSSR count). The molecule has 1 aromatic carbocycles. The number of benzene rings is 1. The number of aromatic nitrogens is 3. The third-order valence-electron chi connectivity index (χ3n) is 5.74. The van der Waals surface area contributed by atoms with E-state index < -0.39 is 0 Å². The van der Waals surface area contributed by atoms with Crippen LogP contribution >= 0.6 is 0 Å². The molecule has 3 aliphatic heterocycles. The molecule has 0 spiro atoms. The number of rotatable bonds is 6. The Labute approximate surface area is 157 Å². The Morgan fingerprint density at radius 2 is 2.15 bits per heavy atom. The Kier molecular flexibility index (Phi) is 5.18. The fourth-order valence-electron chi connectivity index (χ4n) is 4.26. The van der Waals surface area contributed by atoms with E-state index in [4.69, 9.17) is 5.11 Å². The Morgan fingerprint density at radius 1 is 1.33 bits per heavy atom. The van der Waals surface area contributed by atoms with E-state index in [9.17, 15) is 9.18 Å². The van der Waals surface area contributed by atoms with Crippen molar-refractivity contribution in [3.8, 4) is 0 Å². The molecule has 8 heteroatoms. The van der Waals surface area contributed by atoms with Gasteiger partial charge in [-0.15, -0.1) is 5.10 Å². The molecule has 2 bridgehead atoms. The summed E-state index contributed by atoms with van der Waals surface area (Å²) in [5.74, 6) is 0.177. The number of aliphatic hydroxyl groups excluding tert-OH is 1. The van der Waals surface area contributed by atoms with Crippen LogP contribution in [0.4, 0.5) is 4.39 Å². The van der Waals surface area contributed by atoms with Gasteiger partial charge in [0.1, 0.15) is 11.5 Å². The normalized spacial score (nSPS) is 26.9. The van der Waals surface area contributed by atoms with Gasteiger partial charge in [0, 0.05) is 19.1 Å². The van der Waals surface area contributed by atoms with Crippen LogP contribution in [0.2, 0.25) is 0 Å². The zero-order valence-corrected chi connectivity index (χ0v) is 15.1. The molecule has 144 valence electrons. The quantitative estimate of drug-likeness (QED) is 0.787. The predicted octanol–water partition coefficient (Wildman–Crippen LogP) is 0.936. The first kappa shape index (κ1) is 18.1. The van der Waals surface area contributed by atoms with Crippen LogP contribution in [-0.2, 0) is 24.5 Å². The predicted molar refractivity (Wildman–Crippen MR) is 95.8 cm³/mol. The van der Waals surface area contributed by atoms with Gasteiger partial charge in [-0.05, 0) is 43.0 Å². The second kappa shape index (κ2) is 7.74. The van der Waals surface area contributed by atoms with Crippen LogP contribution in [0, 0.1) is 17.7 Å². The molecule has 4 atom stereocenters. The standard InChI is InChI=1S/C19H24FN5O2/c20-15-3-1-13(2-4-15)8-21-19(27)18-11-24-6-5-14(18)7-17(24)10-25-9-16(12-26)22-23-25/h1-4,9,14,17-18,26H,5-8,10-12H2,(H,21,27)/t14-,17+,18-/m0/s1. The van der Waals surface area contributed by atoms with Gasteiger partial charge in [0.25, 0.3) is 0 Å². The highest BCUT2D eigenvalue weighted by Gasteiger charge is 2.43. The minimum Gasteiger partial charge on any atom is -0.390 e. The molecule has 0 aliphatic carbocycles. The molecule has 3 saturated heterocycles. The lowest BCUT2D eigenvalue weighted by atomic mass is 9.75. The van der Waals surface area contributed by atoms with Crippen LogP contribution in [0.3, 0.4) is 0 Å². The molecule has 27 heavy (non-hydrogen) atoms. The Balaban J connectivity index is 1.32. The first-order valence-electron chi connectivity index (χ1n) is 9.38. The van der Waals surface area contributed by atoms with Crippen molar-refractivity contribution in [2.75, 3.05) is 13.1 Å². The van der Waals surface area contributed by atoms with E-state index in [2.05, 4.69) is 20.5 Å². The molecule has 1 aromatic heterocycles. The van der Waals surface area contributed by atoms with Crippen molar-refractivity contribution in [3.63, 3.8) is 0 Å². The van der Waals surface area contributed by atoms with Crippen molar-refractivity contribution in [1.29, 1.82) is 0 Å². The molecular formula is C19H24FN5O2. The highest BCUT2D eigenvalue weighted by atomic mass is 19.1. The summed E-state index contributed by atoms with van der Waals surface area (Å²) in [6.07, 6.45) is 3.77. The number of nitrogens with one attached hydrogen (secondary N) is 1. The number of carbonyl (C=O) groups is 1. The van der Waals surface area contributed by atoms with Crippen LogP contribution in [0.1, 0.15) is 24.1 Å². The number of amides is 1. The number of hydrogen-bond acceptors (Lipinski definition) is 5. The van der Waals surface area contributed by atoms with Gasteiger partial charge in [-0.1, -0.05) is 17.3 Å². The van der Waals surface area contributed by atoms with E-state index >= 15 is 0 Å². The average Bonchev–Trinajstić information content (AvgIpc) is 3.15. The Bertz CT molecular complexity index is 794. The molecule has 0 radical (unpaired) electrons. The Morgan fingerprint density at radius 3 is 2.81 bits per heavy atom. The minimum atomic E-state index is -0.271. The number of hydrogen-bond donors (Lipinski definition) is 2. The maximum atomic E-state index is 13.0. The molecule has 3 aliphatic rings. The highest BCUT2D eigenvalue weighted by molar-refractivity contribution is 5.79. The van der Waals surface area contributed by atoms with Crippen molar-refractivity contribution >= 4 is 5.91 Å². The fraction of sp³-hybridized carbons (Fsp3) is 0.526. The van der Waals surface area contributed by atoms with Gasteiger partial charge in [0.15, 0.2) is 0 Å². The van der Waals surface area contributed by atoms with E-state index in [1.165, 1.54) is 12.1 Å². The first-order chi connectivity index (χ1) is 13.1. The summed E-state index contributed by atoms with van der Waals surface area (Å²) in [6.45, 7) is 2.81. The number of fused-ring (bicyclic) bond motifs is 3. The highest BCUT2D eigenvalue weighted by Crippen LogP contribution is 2.36. The van der Waals surface area contributed by atoms with Gasteiger partial charge in [-0.25, -0.2) is 4.39 Å². The maximum absolute atomic E-state index is 13.0. The van der Waals surface area contributed by atoms with Crippen LogP contribution in [-0.4, -0.2) is 50.0 Å². The van der Waals surface area contributed by atoms with Crippen molar-refractivity contribution in [3.05, 3.63) is 47.5 Å². The second-order valence-electron chi connectivity index (χ2n) is 7.47. The zero-order chi connectivity index (χ0) is 18.8. The number of nitrogens with zero attached hydrogens (tertiary/aromatic N) is 4. The lowest BCUT2D eigenvalue weighted by Gasteiger charge is -2.49. The maximum Gasteiger partial charge on any atom is 0.224 e. The van der Waals surface area contributed by atoms with Gasteiger partial charge < -0.3 is 10.4 Å². The minimum absolute atomic E-state index is 0.000743. The Hall–Kier alpha value is -2.32. The van der Waals surface area contributed by atoms with E-state index in [0.29, 0.717) is 24.2 Å². The van der Waals surface area contributed by atoms with Crippen molar-refractivity contribution in [1.82, 2.24) is 25.2 Å². The van der Waals surface area contributed by atoms with E-state index in [1.54, 1.807) is 23.0 Å². The smallest absolute Gasteiger partial charge is 0.224 e. The number of carbonyl (C=O) groups excluding carboxylic acids is 1. The summed E-state index contributed by atoms with van der Waals surface area (Å²) in [6, 6.07) is 6.56. The van der Waals surface area contributed by atoms with Gasteiger partial charge in [-0.2, -0.15) is 0 Å². The molecule has 1 unspecified atom stereocenters. The van der Waals surface area contributed by atoms with Crippen LogP contribution in [0.15, 0.2) is 30.5 Å². The average molecular weight is 373 g/mol. The van der Waals surface area contributed by atoms with Crippen LogP contribution in [0.25, 0.3) is 0 Å². The van der Waals surface area contributed by atoms with Crippen molar-refractivity contribution in [2.45, 2.75) is 38.6 Å². The summed E-state index contributed by atoms with van der Waals surface area (Å²) in [7, 11) is 0. The SMILES string of the molecule is O=C(NCc1ccc(F)cc1)[C@H]1CN2CC[C@H]1C[C@@H]2Cn1cc(CO)nn1. The molecule has 3 fully saturated rings. The number of piperidine rings is 3. The fourth-order valence-corrected chi connectivity index (χ4v) is 4.26. The van der Waals surface area contributed by atoms with Gasteiger partial charge in [0.2, 0.25) is 5.91 Å². The second-order valence-corrected chi connectivity index (χ2v) is 7.47. The van der Waals surface area contributed by atoms with Crippen LogP contribution < -0.4 is 5.32 Å². The molecule has 7 nitrogen and oxygen atoms in total. The number of aliphatic hydroxyl groups is 1. The largest absolute Gasteiger partial charge is 0.390 e. The molecular weight excluding hydrogens is 349 g/mol. The van der Waals surface area contributed by atoms with Crippen molar-refractivity contribution in [2.24, 2.45) is 11.8 Å².